The van der Waals surface area contributed by atoms with Crippen LogP contribution in [0.4, 0.5) is 11.5 Å². The number of hydrogen-bond donors (Lipinski definition) is 1. The maximum absolute atomic E-state index is 12.7. The fraction of sp³-hybridized carbons (Fsp3) is 0.400. The molecule has 1 N–H and O–H groups in total. The van der Waals surface area contributed by atoms with Crippen LogP contribution in [0.1, 0.15) is 12.8 Å². The lowest BCUT2D eigenvalue weighted by Crippen LogP contribution is -2.48. The summed E-state index contributed by atoms with van der Waals surface area (Å²) in [7, 11) is 0. The quantitative estimate of drug-likeness (QED) is 0.735. The van der Waals surface area contributed by atoms with Crippen LogP contribution in [0, 0.1) is 5.92 Å². The topological polar surface area (TPSA) is 87.1 Å². The fourth-order valence-corrected chi connectivity index (χ4v) is 3.80. The molecule has 0 atom stereocenters. The molecule has 1 saturated heterocycles. The molecule has 2 fully saturated rings. The summed E-state index contributed by atoms with van der Waals surface area (Å²) in [5.74, 6) is 1.11. The molecule has 1 aliphatic heterocycles. The highest BCUT2D eigenvalue weighted by atomic mass is 16.1. The van der Waals surface area contributed by atoms with Crippen molar-refractivity contribution in [3.05, 3.63) is 57.6 Å². The van der Waals surface area contributed by atoms with Crippen LogP contribution in [0.25, 0.3) is 10.9 Å². The first kappa shape index (κ1) is 17.0. The number of nitrogens with one attached hydrogen (secondary N) is 1. The Hall–Kier alpha value is -3.16. The fourth-order valence-electron chi connectivity index (χ4n) is 3.80. The molecule has 2 aromatic heterocycles. The Morgan fingerprint density at radius 2 is 1.82 bits per heavy atom. The molecule has 1 aliphatic carbocycles. The van der Waals surface area contributed by atoms with E-state index in [1.165, 1.54) is 12.8 Å². The summed E-state index contributed by atoms with van der Waals surface area (Å²) < 4.78 is 1.74. The lowest BCUT2D eigenvalue weighted by molar-refractivity contribution is 0.602. The van der Waals surface area contributed by atoms with E-state index in [9.17, 15) is 9.59 Å². The monoisotopic (exact) mass is 378 g/mol. The summed E-state index contributed by atoms with van der Waals surface area (Å²) in [5.41, 5.74) is 1.67. The van der Waals surface area contributed by atoms with Gasteiger partial charge in [0.1, 0.15) is 0 Å². The molecule has 28 heavy (non-hydrogen) atoms. The lowest BCUT2D eigenvalue weighted by atomic mass is 10.2. The third kappa shape index (κ3) is 3.15. The zero-order valence-corrected chi connectivity index (χ0v) is 15.5. The molecule has 0 spiro atoms. The number of H-pyrrole nitrogens is 1. The highest BCUT2D eigenvalue weighted by molar-refractivity contribution is 5.81. The second kappa shape index (κ2) is 6.78. The van der Waals surface area contributed by atoms with Crippen LogP contribution in [0.15, 0.2) is 46.5 Å². The summed E-state index contributed by atoms with van der Waals surface area (Å²) in [5, 5.41) is 0.672. The van der Waals surface area contributed by atoms with Gasteiger partial charge in [0.25, 0.3) is 11.1 Å². The number of nitrogens with zero attached hydrogens (tertiary/aromatic N) is 5. The van der Waals surface area contributed by atoms with Gasteiger partial charge in [-0.05, 0) is 37.0 Å². The van der Waals surface area contributed by atoms with Gasteiger partial charge in [-0.1, -0.05) is 0 Å². The van der Waals surface area contributed by atoms with E-state index in [4.69, 9.17) is 0 Å². The molecular weight excluding hydrogens is 356 g/mol. The Morgan fingerprint density at radius 3 is 2.57 bits per heavy atom. The van der Waals surface area contributed by atoms with Gasteiger partial charge < -0.3 is 14.8 Å². The minimum atomic E-state index is -0.159. The number of rotatable bonds is 4. The molecule has 3 heterocycles. The standard InChI is InChI=1S/C20H22N6O2/c27-19-18(21-5-6-22-19)25-9-7-24(8-10-25)15-3-4-16-17(11-15)23-13-26(20(16)28)12-14-1-2-14/h3-6,11,13-14H,1-2,7-10,12H2,(H,22,27). The largest absolute Gasteiger partial charge is 0.368 e. The van der Waals surface area contributed by atoms with Gasteiger partial charge >= 0.3 is 0 Å². The summed E-state index contributed by atoms with van der Waals surface area (Å²) in [6, 6.07) is 5.87. The van der Waals surface area contributed by atoms with Gasteiger partial charge in [0.15, 0.2) is 5.82 Å². The van der Waals surface area contributed by atoms with Gasteiger partial charge in [-0.15, -0.1) is 0 Å². The van der Waals surface area contributed by atoms with E-state index in [1.807, 2.05) is 23.1 Å². The Balaban J connectivity index is 1.35. The molecule has 3 aromatic rings. The molecule has 8 heteroatoms. The van der Waals surface area contributed by atoms with Crippen molar-refractivity contribution in [1.82, 2.24) is 19.5 Å². The van der Waals surface area contributed by atoms with Gasteiger partial charge in [0, 0.05) is 50.8 Å². The van der Waals surface area contributed by atoms with E-state index >= 15 is 0 Å². The van der Waals surface area contributed by atoms with Crippen molar-refractivity contribution in [2.24, 2.45) is 5.92 Å². The molecule has 0 unspecified atom stereocenters. The predicted molar refractivity (Wildman–Crippen MR) is 108 cm³/mol. The number of aromatic nitrogens is 4. The molecule has 0 bridgehead atoms. The van der Waals surface area contributed by atoms with Crippen LogP contribution in [-0.4, -0.2) is 45.7 Å². The van der Waals surface area contributed by atoms with Gasteiger partial charge in [-0.2, -0.15) is 0 Å². The smallest absolute Gasteiger partial charge is 0.290 e. The summed E-state index contributed by atoms with van der Waals surface area (Å²) >= 11 is 0. The molecule has 144 valence electrons. The molecular formula is C20H22N6O2. The molecule has 2 aliphatic rings. The van der Waals surface area contributed by atoms with E-state index in [2.05, 4.69) is 19.9 Å². The first-order chi connectivity index (χ1) is 13.7. The Kier molecular flexibility index (Phi) is 4.11. The minimum Gasteiger partial charge on any atom is -0.368 e. The van der Waals surface area contributed by atoms with E-state index in [0.717, 1.165) is 30.8 Å². The number of fused-ring (bicyclic) bond motifs is 1. The van der Waals surface area contributed by atoms with Crippen molar-refractivity contribution in [2.75, 3.05) is 36.0 Å². The van der Waals surface area contributed by atoms with Crippen LogP contribution < -0.4 is 20.9 Å². The average molecular weight is 378 g/mol. The van der Waals surface area contributed by atoms with Gasteiger partial charge in [0.2, 0.25) is 0 Å². The normalized spacial score (nSPS) is 17.3. The number of piperazine rings is 1. The van der Waals surface area contributed by atoms with E-state index in [1.54, 1.807) is 23.3 Å². The third-order valence-corrected chi connectivity index (χ3v) is 5.59. The molecule has 1 saturated carbocycles. The summed E-state index contributed by atoms with van der Waals surface area (Å²) in [4.78, 5) is 40.3. The van der Waals surface area contributed by atoms with Crippen LogP contribution in [0.2, 0.25) is 0 Å². The second-order valence-electron chi connectivity index (χ2n) is 7.56. The van der Waals surface area contributed by atoms with Crippen LogP contribution in [0.5, 0.6) is 0 Å². The molecule has 8 nitrogen and oxygen atoms in total. The number of hydrogen-bond acceptors (Lipinski definition) is 6. The van der Waals surface area contributed by atoms with Crippen LogP contribution in [-0.2, 0) is 6.54 Å². The van der Waals surface area contributed by atoms with Crippen molar-refractivity contribution >= 4 is 22.4 Å². The van der Waals surface area contributed by atoms with Crippen molar-refractivity contribution < 1.29 is 0 Å². The molecule has 1 aromatic carbocycles. The van der Waals surface area contributed by atoms with Crippen LogP contribution in [0.3, 0.4) is 0 Å². The maximum Gasteiger partial charge on any atom is 0.290 e. The first-order valence-electron chi connectivity index (χ1n) is 9.72. The zero-order chi connectivity index (χ0) is 19.1. The third-order valence-electron chi connectivity index (χ3n) is 5.59. The minimum absolute atomic E-state index is 0.0441. The van der Waals surface area contributed by atoms with Crippen molar-refractivity contribution in [1.29, 1.82) is 0 Å². The van der Waals surface area contributed by atoms with Crippen LogP contribution >= 0.6 is 0 Å². The van der Waals surface area contributed by atoms with Gasteiger partial charge in [-0.25, -0.2) is 9.97 Å². The highest BCUT2D eigenvalue weighted by Crippen LogP contribution is 2.30. The van der Waals surface area contributed by atoms with Crippen molar-refractivity contribution in [3.63, 3.8) is 0 Å². The lowest BCUT2D eigenvalue weighted by Gasteiger charge is -2.36. The Labute approximate surface area is 161 Å². The number of anilines is 2. The van der Waals surface area contributed by atoms with E-state index < -0.39 is 0 Å². The summed E-state index contributed by atoms with van der Waals surface area (Å²) in [6.07, 6.45) is 7.24. The molecule has 0 radical (unpaired) electrons. The maximum atomic E-state index is 12.7. The SMILES string of the molecule is O=c1[nH]ccnc1N1CCN(c2ccc3c(=O)n(CC4CC4)cnc3c2)CC1. The Bertz CT molecular complexity index is 1130. The average Bonchev–Trinajstić information content (AvgIpc) is 3.55. The predicted octanol–water partition coefficient (Wildman–Crippen LogP) is 1.22. The Morgan fingerprint density at radius 1 is 1.04 bits per heavy atom. The molecule has 5 rings (SSSR count). The van der Waals surface area contributed by atoms with E-state index in [0.29, 0.717) is 30.2 Å². The number of benzene rings is 1. The zero-order valence-electron chi connectivity index (χ0n) is 15.5. The second-order valence-corrected chi connectivity index (χ2v) is 7.56. The van der Waals surface area contributed by atoms with Gasteiger partial charge in [-0.3, -0.25) is 14.2 Å². The van der Waals surface area contributed by atoms with Crippen molar-refractivity contribution in [3.8, 4) is 0 Å². The molecule has 0 amide bonds. The highest BCUT2D eigenvalue weighted by Gasteiger charge is 2.23. The first-order valence-corrected chi connectivity index (χ1v) is 9.72. The summed E-state index contributed by atoms with van der Waals surface area (Å²) in [6.45, 7) is 3.77. The van der Waals surface area contributed by atoms with E-state index in [-0.39, 0.29) is 11.1 Å². The number of aromatic amines is 1. The van der Waals surface area contributed by atoms with Crippen molar-refractivity contribution in [2.45, 2.75) is 19.4 Å². The van der Waals surface area contributed by atoms with Gasteiger partial charge in [0.05, 0.1) is 17.2 Å².